The summed E-state index contributed by atoms with van der Waals surface area (Å²) in [5.41, 5.74) is -1.51. The fourth-order valence-corrected chi connectivity index (χ4v) is 9.99. The molecule has 9 nitrogen and oxygen atoms in total. The zero-order chi connectivity index (χ0) is 29.6. The number of nitrogens with zero attached hydrogens (tertiary/aromatic N) is 3. The van der Waals surface area contributed by atoms with Gasteiger partial charge in [0.05, 0.1) is 18.4 Å². The highest BCUT2D eigenvalue weighted by atomic mass is 32.2. The number of carbonyl (C=O) groups excluding carboxylic acids is 3. The number of aliphatic hydroxyl groups excluding tert-OH is 1. The molecular formula is C30H44N4O5S2. The minimum Gasteiger partial charge on any atom is -0.461 e. The van der Waals surface area contributed by atoms with E-state index in [2.05, 4.69) is 47.8 Å². The average molecular weight is 605 g/mol. The molecule has 41 heavy (non-hydrogen) atoms. The summed E-state index contributed by atoms with van der Waals surface area (Å²) in [7, 11) is 0. The van der Waals surface area contributed by atoms with E-state index in [1.807, 2.05) is 13.0 Å². The summed E-state index contributed by atoms with van der Waals surface area (Å²) < 4.78 is 6.87. The molecule has 1 aliphatic heterocycles. The van der Waals surface area contributed by atoms with Gasteiger partial charge in [-0.3, -0.25) is 24.6 Å². The number of thioether (sulfide) groups is 1. The summed E-state index contributed by atoms with van der Waals surface area (Å²) in [6, 6.07) is 0. The first kappa shape index (κ1) is 30.6. The number of anilines is 1. The minimum atomic E-state index is -0.692. The number of amides is 1. The van der Waals surface area contributed by atoms with Crippen molar-refractivity contribution in [1.82, 2.24) is 15.1 Å². The monoisotopic (exact) mass is 604 g/mol. The molecule has 226 valence electrons. The number of aliphatic hydroxyl groups is 1. The molecule has 0 spiro atoms. The minimum absolute atomic E-state index is 0.0326. The molecule has 1 amide bonds. The molecular weight excluding hydrogens is 560 g/mol. The molecule has 3 saturated carbocycles. The van der Waals surface area contributed by atoms with Crippen molar-refractivity contribution in [3.8, 4) is 0 Å². The van der Waals surface area contributed by atoms with Gasteiger partial charge in [-0.1, -0.05) is 56.9 Å². The van der Waals surface area contributed by atoms with E-state index in [1.165, 1.54) is 23.1 Å². The van der Waals surface area contributed by atoms with Gasteiger partial charge in [0.25, 0.3) is 0 Å². The number of Topliss-reactive ketones (excluding diaryl/α,β-unsaturated/α-hetero) is 1. The van der Waals surface area contributed by atoms with Gasteiger partial charge in [0, 0.05) is 23.2 Å². The molecule has 8 atom stereocenters. The van der Waals surface area contributed by atoms with Crippen molar-refractivity contribution in [1.29, 1.82) is 0 Å². The number of rotatable bonds is 8. The Morgan fingerprint density at radius 2 is 1.98 bits per heavy atom. The van der Waals surface area contributed by atoms with Crippen molar-refractivity contribution >= 4 is 45.9 Å². The zero-order valence-corrected chi connectivity index (χ0v) is 26.3. The van der Waals surface area contributed by atoms with E-state index in [9.17, 15) is 19.5 Å². The summed E-state index contributed by atoms with van der Waals surface area (Å²) in [5.74, 6) is -0.369. The second-order valence-corrected chi connectivity index (χ2v) is 15.5. The third-order valence-corrected chi connectivity index (χ3v) is 13.1. The molecule has 5 rings (SSSR count). The van der Waals surface area contributed by atoms with Gasteiger partial charge in [-0.25, -0.2) is 0 Å². The Morgan fingerprint density at radius 1 is 1.24 bits per heavy atom. The lowest BCUT2D eigenvalue weighted by Gasteiger charge is -2.61. The Balaban J connectivity index is 1.30. The van der Waals surface area contributed by atoms with Crippen LogP contribution in [-0.4, -0.2) is 75.5 Å². The Labute approximate surface area is 251 Å². The van der Waals surface area contributed by atoms with Gasteiger partial charge in [-0.05, 0) is 68.9 Å². The molecule has 1 saturated heterocycles. The van der Waals surface area contributed by atoms with Gasteiger partial charge >= 0.3 is 5.97 Å². The lowest BCUT2D eigenvalue weighted by molar-refractivity contribution is -0.205. The van der Waals surface area contributed by atoms with Crippen LogP contribution in [0.5, 0.6) is 0 Å². The first-order valence-electron chi connectivity index (χ1n) is 15.0. The largest absolute Gasteiger partial charge is 0.461 e. The second-order valence-electron chi connectivity index (χ2n) is 13.3. The van der Waals surface area contributed by atoms with Crippen LogP contribution in [0.3, 0.4) is 0 Å². The van der Waals surface area contributed by atoms with E-state index in [4.69, 9.17) is 4.74 Å². The molecule has 3 aliphatic carbocycles. The lowest BCUT2D eigenvalue weighted by atomic mass is 9.44. The second kappa shape index (κ2) is 11.7. The van der Waals surface area contributed by atoms with E-state index < -0.39 is 23.0 Å². The molecule has 1 aromatic rings. The SMILES string of the molecule is C=C[C@]1(C)C[C@@H](OC(=O)CSc2nnc(NC(=O)CN3CCCC3)s2)[C@]2(C)[C@H](C)CC[C@]3(CCC(=O)[C@H]32)[C@@H](C)[C@@H]1O. The van der Waals surface area contributed by atoms with E-state index >= 15 is 0 Å². The van der Waals surface area contributed by atoms with Crippen LogP contribution in [0.15, 0.2) is 17.0 Å². The maximum atomic E-state index is 13.5. The van der Waals surface area contributed by atoms with Crippen molar-refractivity contribution in [3.05, 3.63) is 12.7 Å². The Hall–Kier alpha value is -1.82. The fourth-order valence-electron chi connectivity index (χ4n) is 8.44. The Kier molecular flexibility index (Phi) is 8.74. The first-order valence-corrected chi connectivity index (χ1v) is 16.8. The quantitative estimate of drug-likeness (QED) is 0.190. The van der Waals surface area contributed by atoms with Crippen LogP contribution in [0, 0.1) is 34.0 Å². The maximum absolute atomic E-state index is 13.5. The van der Waals surface area contributed by atoms with Crippen molar-refractivity contribution in [3.63, 3.8) is 0 Å². The first-order chi connectivity index (χ1) is 19.4. The average Bonchev–Trinajstić information content (AvgIpc) is 3.69. The Morgan fingerprint density at radius 3 is 2.68 bits per heavy atom. The van der Waals surface area contributed by atoms with Crippen LogP contribution in [0.4, 0.5) is 5.13 Å². The fraction of sp³-hybridized carbons (Fsp3) is 0.767. The third kappa shape index (κ3) is 5.52. The van der Waals surface area contributed by atoms with E-state index in [-0.39, 0.29) is 46.6 Å². The van der Waals surface area contributed by atoms with Crippen molar-refractivity contribution in [2.24, 2.45) is 34.0 Å². The zero-order valence-electron chi connectivity index (χ0n) is 24.7. The van der Waals surface area contributed by atoms with Crippen molar-refractivity contribution in [2.45, 2.75) is 89.2 Å². The summed E-state index contributed by atoms with van der Waals surface area (Å²) >= 11 is 2.46. The summed E-state index contributed by atoms with van der Waals surface area (Å²) in [6.07, 6.45) is 6.33. The van der Waals surface area contributed by atoms with Gasteiger partial charge in [-0.15, -0.1) is 16.8 Å². The topological polar surface area (TPSA) is 122 Å². The molecule has 11 heteroatoms. The number of hydrogen-bond acceptors (Lipinski definition) is 10. The molecule has 2 bridgehead atoms. The van der Waals surface area contributed by atoms with Gasteiger partial charge in [0.1, 0.15) is 11.9 Å². The maximum Gasteiger partial charge on any atom is 0.316 e. The van der Waals surface area contributed by atoms with Crippen LogP contribution in [0.25, 0.3) is 0 Å². The van der Waals surface area contributed by atoms with E-state index in [1.54, 1.807) is 0 Å². The van der Waals surface area contributed by atoms with E-state index in [0.717, 1.165) is 45.2 Å². The number of likely N-dealkylation sites (tertiary alicyclic amines) is 1. The molecule has 0 unspecified atom stereocenters. The number of carbonyl (C=O) groups is 3. The van der Waals surface area contributed by atoms with Gasteiger partial charge in [0.2, 0.25) is 11.0 Å². The standard InChI is InChI=1S/C30H44N4O5S2/c1-6-28(4)15-21(29(5)18(2)9-11-30(19(3)25(28)38)12-10-20(35)24(29)30)39-23(37)17-40-27-33-32-26(41-27)31-22(36)16-34-13-7-8-14-34/h6,18-19,21,24-25,38H,1,7-17H2,2-5H3,(H,31,32,36)/t18-,19+,21-,24+,25+,28-,29+,30+/m1/s1. The number of aromatic nitrogens is 2. The van der Waals surface area contributed by atoms with Crippen molar-refractivity contribution < 1.29 is 24.2 Å². The predicted molar refractivity (Wildman–Crippen MR) is 160 cm³/mol. The molecule has 2 heterocycles. The van der Waals surface area contributed by atoms with Crippen LogP contribution in [-0.2, 0) is 19.1 Å². The number of esters is 1. The number of ether oxygens (including phenoxy) is 1. The van der Waals surface area contributed by atoms with Crippen LogP contribution < -0.4 is 5.32 Å². The summed E-state index contributed by atoms with van der Waals surface area (Å²) in [5, 5.41) is 23.1. The molecule has 2 N–H and O–H groups in total. The lowest BCUT2D eigenvalue weighted by Crippen LogP contribution is -2.63. The van der Waals surface area contributed by atoms with Gasteiger partial charge in [0.15, 0.2) is 4.34 Å². The molecule has 4 aliphatic rings. The number of ketones is 1. The van der Waals surface area contributed by atoms with Crippen molar-refractivity contribution in [2.75, 3.05) is 30.7 Å². The smallest absolute Gasteiger partial charge is 0.316 e. The van der Waals surface area contributed by atoms with E-state index in [0.29, 0.717) is 28.9 Å². The number of nitrogens with one attached hydrogen (secondary N) is 1. The molecule has 0 aromatic carbocycles. The molecule has 0 radical (unpaired) electrons. The summed E-state index contributed by atoms with van der Waals surface area (Å²) in [4.78, 5) is 41.3. The third-order valence-electron chi connectivity index (χ3n) is 11.1. The van der Waals surface area contributed by atoms with Crippen LogP contribution in [0.1, 0.15) is 72.6 Å². The van der Waals surface area contributed by atoms with Crippen LogP contribution in [0.2, 0.25) is 0 Å². The van der Waals surface area contributed by atoms with Gasteiger partial charge in [-0.2, -0.15) is 0 Å². The van der Waals surface area contributed by atoms with Gasteiger partial charge < -0.3 is 9.84 Å². The highest BCUT2D eigenvalue weighted by molar-refractivity contribution is 8.01. The summed E-state index contributed by atoms with van der Waals surface area (Å²) in [6.45, 7) is 14.7. The Bertz CT molecular complexity index is 1190. The molecule has 4 fully saturated rings. The predicted octanol–water partition coefficient (Wildman–Crippen LogP) is 4.57. The van der Waals surface area contributed by atoms with Crippen LogP contribution >= 0.6 is 23.1 Å². The number of hydrogen-bond donors (Lipinski definition) is 2. The molecule has 1 aromatic heterocycles. The highest BCUT2D eigenvalue weighted by Crippen LogP contribution is 2.68. The highest BCUT2D eigenvalue weighted by Gasteiger charge is 2.68. The normalized spacial score (nSPS) is 39.0.